The first kappa shape index (κ1) is 22.7. The lowest BCUT2D eigenvalue weighted by Crippen LogP contribution is -2.32. The van der Waals surface area contributed by atoms with E-state index >= 15 is 0 Å². The Morgan fingerprint density at radius 3 is 2.19 bits per heavy atom. The fourth-order valence-corrected chi connectivity index (χ4v) is 3.06. The largest absolute Gasteiger partial charge is 0.493 e. The van der Waals surface area contributed by atoms with Crippen LogP contribution in [-0.2, 0) is 11.3 Å². The van der Waals surface area contributed by atoms with Crippen LogP contribution < -0.4 is 9.47 Å². The SMILES string of the molecule is CCCN(Cc1ccc(C(=O)OC)cc1)C(=O)c1ncc(Oc2ccccc2OC)cn1. The fourth-order valence-electron chi connectivity index (χ4n) is 3.06. The maximum absolute atomic E-state index is 13.0. The third-order valence-corrected chi connectivity index (χ3v) is 4.65. The molecular formula is C24H25N3O5. The van der Waals surface area contributed by atoms with Crippen LogP contribution in [0.1, 0.15) is 39.9 Å². The van der Waals surface area contributed by atoms with Gasteiger partial charge >= 0.3 is 5.97 Å². The Kier molecular flexibility index (Phi) is 7.75. The highest BCUT2D eigenvalue weighted by Crippen LogP contribution is 2.30. The Bertz CT molecular complexity index is 1050. The predicted molar refractivity (Wildman–Crippen MR) is 118 cm³/mol. The minimum absolute atomic E-state index is 0.0806. The lowest BCUT2D eigenvalue weighted by molar-refractivity contribution is 0.0600. The molecule has 0 spiro atoms. The third-order valence-electron chi connectivity index (χ3n) is 4.65. The zero-order valence-electron chi connectivity index (χ0n) is 18.3. The number of ether oxygens (including phenoxy) is 3. The Hall–Kier alpha value is -3.94. The van der Waals surface area contributed by atoms with E-state index in [1.165, 1.54) is 19.5 Å². The van der Waals surface area contributed by atoms with Crippen LogP contribution in [0.15, 0.2) is 60.9 Å². The number of hydrogen-bond donors (Lipinski definition) is 0. The quantitative estimate of drug-likeness (QED) is 0.467. The molecule has 3 rings (SSSR count). The van der Waals surface area contributed by atoms with Crippen LogP contribution >= 0.6 is 0 Å². The maximum Gasteiger partial charge on any atom is 0.337 e. The summed E-state index contributed by atoms with van der Waals surface area (Å²) in [5, 5.41) is 0. The molecule has 8 heteroatoms. The molecule has 0 atom stereocenters. The van der Waals surface area contributed by atoms with E-state index < -0.39 is 5.97 Å². The molecule has 0 aliphatic carbocycles. The van der Waals surface area contributed by atoms with Crippen LogP contribution in [0.25, 0.3) is 0 Å². The van der Waals surface area contributed by atoms with Crippen molar-refractivity contribution in [2.75, 3.05) is 20.8 Å². The van der Waals surface area contributed by atoms with Crippen molar-refractivity contribution >= 4 is 11.9 Å². The van der Waals surface area contributed by atoms with Gasteiger partial charge in [-0.3, -0.25) is 4.79 Å². The van der Waals surface area contributed by atoms with E-state index in [-0.39, 0.29) is 11.7 Å². The summed E-state index contributed by atoms with van der Waals surface area (Å²) in [6.07, 6.45) is 3.70. The minimum Gasteiger partial charge on any atom is -0.493 e. The molecule has 2 aromatic carbocycles. The highest BCUT2D eigenvalue weighted by Gasteiger charge is 2.19. The molecule has 1 amide bonds. The number of carbonyl (C=O) groups is 2. The van der Waals surface area contributed by atoms with Crippen LogP contribution in [0.4, 0.5) is 0 Å². The number of benzene rings is 2. The van der Waals surface area contributed by atoms with Crippen LogP contribution in [0.3, 0.4) is 0 Å². The van der Waals surface area contributed by atoms with Gasteiger partial charge in [0.15, 0.2) is 17.2 Å². The van der Waals surface area contributed by atoms with E-state index in [1.54, 1.807) is 48.4 Å². The highest BCUT2D eigenvalue weighted by molar-refractivity contribution is 5.90. The van der Waals surface area contributed by atoms with Gasteiger partial charge in [0, 0.05) is 13.1 Å². The van der Waals surface area contributed by atoms with Gasteiger partial charge < -0.3 is 19.1 Å². The summed E-state index contributed by atoms with van der Waals surface area (Å²) in [6, 6.07) is 14.2. The molecule has 3 aromatic rings. The summed E-state index contributed by atoms with van der Waals surface area (Å²) in [4.78, 5) is 34.7. The molecule has 0 unspecified atom stereocenters. The van der Waals surface area contributed by atoms with Crippen molar-refractivity contribution in [1.82, 2.24) is 14.9 Å². The molecule has 0 bridgehead atoms. The van der Waals surface area contributed by atoms with Crippen LogP contribution in [0.5, 0.6) is 17.2 Å². The molecule has 0 fully saturated rings. The van der Waals surface area contributed by atoms with Gasteiger partial charge in [-0.05, 0) is 36.2 Å². The molecule has 0 aliphatic rings. The van der Waals surface area contributed by atoms with E-state index in [9.17, 15) is 9.59 Å². The van der Waals surface area contributed by atoms with Gasteiger partial charge in [0.2, 0.25) is 5.82 Å². The average Bonchev–Trinajstić information content (AvgIpc) is 2.84. The van der Waals surface area contributed by atoms with Crippen LogP contribution in [0, 0.1) is 0 Å². The molecule has 1 heterocycles. The second kappa shape index (κ2) is 10.9. The number of carbonyl (C=O) groups excluding carboxylic acids is 2. The van der Waals surface area contributed by atoms with E-state index in [0.717, 1.165) is 12.0 Å². The Labute approximate surface area is 186 Å². The molecule has 0 radical (unpaired) electrons. The molecule has 0 N–H and O–H groups in total. The van der Waals surface area contributed by atoms with Gasteiger partial charge in [0.1, 0.15) is 0 Å². The summed E-state index contributed by atoms with van der Waals surface area (Å²) in [5.74, 6) is 0.902. The number of methoxy groups -OCH3 is 2. The van der Waals surface area contributed by atoms with Crippen molar-refractivity contribution < 1.29 is 23.8 Å². The van der Waals surface area contributed by atoms with E-state index in [0.29, 0.717) is 35.9 Å². The summed E-state index contributed by atoms with van der Waals surface area (Å²) in [7, 11) is 2.90. The number of aromatic nitrogens is 2. The molecule has 32 heavy (non-hydrogen) atoms. The number of esters is 1. The van der Waals surface area contributed by atoms with Gasteiger partial charge in [-0.25, -0.2) is 14.8 Å². The van der Waals surface area contributed by atoms with E-state index in [4.69, 9.17) is 14.2 Å². The number of para-hydroxylation sites is 2. The van der Waals surface area contributed by atoms with Crippen molar-refractivity contribution in [1.29, 1.82) is 0 Å². The van der Waals surface area contributed by atoms with Crippen molar-refractivity contribution in [3.05, 3.63) is 77.9 Å². The first-order chi connectivity index (χ1) is 15.5. The monoisotopic (exact) mass is 435 g/mol. The number of nitrogens with zero attached hydrogens (tertiary/aromatic N) is 3. The van der Waals surface area contributed by atoms with E-state index in [1.807, 2.05) is 19.1 Å². The summed E-state index contributed by atoms with van der Waals surface area (Å²) < 4.78 is 15.7. The maximum atomic E-state index is 13.0. The smallest absolute Gasteiger partial charge is 0.337 e. The summed E-state index contributed by atoms with van der Waals surface area (Å²) >= 11 is 0. The molecule has 0 saturated carbocycles. The lowest BCUT2D eigenvalue weighted by atomic mass is 10.1. The molecular weight excluding hydrogens is 410 g/mol. The van der Waals surface area contributed by atoms with Crippen molar-refractivity contribution in [3.63, 3.8) is 0 Å². The summed E-state index contributed by atoms with van der Waals surface area (Å²) in [6.45, 7) is 2.91. The zero-order valence-corrected chi connectivity index (χ0v) is 18.3. The third kappa shape index (κ3) is 5.60. The van der Waals surface area contributed by atoms with Gasteiger partial charge in [-0.1, -0.05) is 31.2 Å². The van der Waals surface area contributed by atoms with Crippen molar-refractivity contribution in [3.8, 4) is 17.2 Å². The van der Waals surface area contributed by atoms with Gasteiger partial charge in [0.25, 0.3) is 5.91 Å². The van der Waals surface area contributed by atoms with Gasteiger partial charge in [-0.2, -0.15) is 0 Å². The predicted octanol–water partition coefficient (Wildman–Crippen LogP) is 4.12. The van der Waals surface area contributed by atoms with Gasteiger partial charge in [0.05, 0.1) is 32.2 Å². The second-order valence-electron chi connectivity index (χ2n) is 6.91. The molecule has 0 saturated heterocycles. The number of rotatable bonds is 9. The number of hydrogen-bond acceptors (Lipinski definition) is 7. The lowest BCUT2D eigenvalue weighted by Gasteiger charge is -2.21. The summed E-state index contributed by atoms with van der Waals surface area (Å²) in [5.41, 5.74) is 1.34. The zero-order chi connectivity index (χ0) is 22.9. The van der Waals surface area contributed by atoms with Crippen molar-refractivity contribution in [2.45, 2.75) is 19.9 Å². The number of amides is 1. The first-order valence-corrected chi connectivity index (χ1v) is 10.1. The highest BCUT2D eigenvalue weighted by atomic mass is 16.5. The molecule has 0 aliphatic heterocycles. The standard InChI is InChI=1S/C24H25N3O5/c1-4-13-27(16-17-9-11-18(12-10-17)24(29)31-3)23(28)22-25-14-19(15-26-22)32-21-8-6-5-7-20(21)30-2/h5-12,14-15H,4,13,16H2,1-3H3. The van der Waals surface area contributed by atoms with Crippen molar-refractivity contribution in [2.24, 2.45) is 0 Å². The van der Waals surface area contributed by atoms with E-state index in [2.05, 4.69) is 9.97 Å². The minimum atomic E-state index is -0.401. The normalized spacial score (nSPS) is 10.3. The molecule has 8 nitrogen and oxygen atoms in total. The Balaban J connectivity index is 1.71. The van der Waals surface area contributed by atoms with Crippen LogP contribution in [0.2, 0.25) is 0 Å². The van der Waals surface area contributed by atoms with Crippen LogP contribution in [-0.4, -0.2) is 47.5 Å². The topological polar surface area (TPSA) is 90.9 Å². The first-order valence-electron chi connectivity index (χ1n) is 10.1. The van der Waals surface area contributed by atoms with Gasteiger partial charge in [-0.15, -0.1) is 0 Å². The fraction of sp³-hybridized carbons (Fsp3) is 0.250. The Morgan fingerprint density at radius 2 is 1.59 bits per heavy atom. The Morgan fingerprint density at radius 1 is 0.938 bits per heavy atom. The molecule has 1 aromatic heterocycles. The average molecular weight is 435 g/mol. The molecule has 166 valence electrons. The second-order valence-corrected chi connectivity index (χ2v) is 6.91.